The molecule has 2 aromatic heterocycles. The second-order valence-electron chi connectivity index (χ2n) is 7.51. The van der Waals surface area contributed by atoms with E-state index in [4.69, 9.17) is 27.9 Å². The molecule has 0 aliphatic rings. The summed E-state index contributed by atoms with van der Waals surface area (Å²) >= 11 is 13.2. The SMILES string of the molecule is Cc1cn2c(=O)c(OCc3ccccc3)c(C(=O)NCC(=O)Cc3ccc(Cl)c(Cl)c3)nc2s1. The Morgan fingerprint density at radius 3 is 2.59 bits per heavy atom. The Morgan fingerprint density at radius 2 is 1.85 bits per heavy atom. The van der Waals surface area contributed by atoms with Gasteiger partial charge in [-0.15, -0.1) is 11.3 Å². The average Bonchev–Trinajstić information content (AvgIpc) is 3.20. The van der Waals surface area contributed by atoms with E-state index in [0.29, 0.717) is 20.6 Å². The van der Waals surface area contributed by atoms with Crippen LogP contribution in [0.2, 0.25) is 10.0 Å². The summed E-state index contributed by atoms with van der Waals surface area (Å²) in [6.45, 7) is 1.68. The molecule has 4 aromatic rings. The Balaban J connectivity index is 1.53. The number of nitrogens with one attached hydrogen (secondary N) is 1. The summed E-state index contributed by atoms with van der Waals surface area (Å²) in [6.07, 6.45) is 1.71. The summed E-state index contributed by atoms with van der Waals surface area (Å²) in [5.41, 5.74) is 0.853. The second-order valence-corrected chi connectivity index (χ2v) is 9.54. The molecule has 0 spiro atoms. The first-order valence-electron chi connectivity index (χ1n) is 10.2. The van der Waals surface area contributed by atoms with E-state index in [9.17, 15) is 14.4 Å². The minimum atomic E-state index is -0.670. The molecular weight excluding hydrogens is 497 g/mol. The number of amides is 1. The van der Waals surface area contributed by atoms with E-state index in [-0.39, 0.29) is 36.8 Å². The normalized spacial score (nSPS) is 10.9. The highest BCUT2D eigenvalue weighted by Crippen LogP contribution is 2.23. The van der Waals surface area contributed by atoms with Crippen molar-refractivity contribution in [1.82, 2.24) is 14.7 Å². The van der Waals surface area contributed by atoms with Crippen molar-refractivity contribution in [2.24, 2.45) is 0 Å². The number of carbonyl (C=O) groups is 2. The molecule has 0 aliphatic carbocycles. The van der Waals surface area contributed by atoms with Gasteiger partial charge >= 0.3 is 5.56 Å². The predicted octanol–water partition coefficient (Wildman–Crippen LogP) is 4.49. The molecule has 10 heteroatoms. The maximum Gasteiger partial charge on any atom is 0.301 e. The number of ketones is 1. The van der Waals surface area contributed by atoms with Gasteiger partial charge in [0, 0.05) is 17.5 Å². The van der Waals surface area contributed by atoms with Crippen LogP contribution in [-0.2, 0) is 17.8 Å². The second kappa shape index (κ2) is 10.4. The maximum absolute atomic E-state index is 13.1. The van der Waals surface area contributed by atoms with Crippen molar-refractivity contribution in [2.75, 3.05) is 6.54 Å². The molecule has 0 bridgehead atoms. The molecule has 1 amide bonds. The fourth-order valence-corrected chi connectivity index (χ4v) is 4.39. The first kappa shape index (κ1) is 23.9. The fraction of sp³-hybridized carbons (Fsp3) is 0.167. The van der Waals surface area contributed by atoms with E-state index in [1.54, 1.807) is 24.4 Å². The number of hydrogen-bond acceptors (Lipinski definition) is 6. The molecule has 0 saturated heterocycles. The van der Waals surface area contributed by atoms with Gasteiger partial charge in [-0.2, -0.15) is 0 Å². The van der Waals surface area contributed by atoms with Crippen molar-refractivity contribution >= 4 is 51.2 Å². The number of benzene rings is 2. The molecule has 2 aromatic carbocycles. The summed E-state index contributed by atoms with van der Waals surface area (Å²) in [7, 11) is 0. The van der Waals surface area contributed by atoms with E-state index in [1.807, 2.05) is 37.3 Å². The largest absolute Gasteiger partial charge is 0.481 e. The summed E-state index contributed by atoms with van der Waals surface area (Å²) in [6, 6.07) is 14.2. The molecule has 0 aliphatic heterocycles. The molecule has 34 heavy (non-hydrogen) atoms. The van der Waals surface area contributed by atoms with E-state index >= 15 is 0 Å². The lowest BCUT2D eigenvalue weighted by atomic mass is 10.1. The molecule has 0 radical (unpaired) electrons. The third-order valence-electron chi connectivity index (χ3n) is 4.88. The Labute approximate surface area is 208 Å². The van der Waals surface area contributed by atoms with Crippen LogP contribution >= 0.6 is 34.5 Å². The molecule has 174 valence electrons. The Hall–Kier alpha value is -3.20. The molecule has 7 nitrogen and oxygen atoms in total. The number of nitrogens with zero attached hydrogens (tertiary/aromatic N) is 2. The highest BCUT2D eigenvalue weighted by atomic mass is 35.5. The number of rotatable bonds is 8. The highest BCUT2D eigenvalue weighted by Gasteiger charge is 2.22. The number of thiazole rings is 1. The minimum absolute atomic E-state index is 0.0633. The number of halogens is 2. The topological polar surface area (TPSA) is 89.8 Å². The lowest BCUT2D eigenvalue weighted by Crippen LogP contribution is -2.33. The van der Waals surface area contributed by atoms with Crippen molar-refractivity contribution in [3.05, 3.63) is 96.8 Å². The van der Waals surface area contributed by atoms with Gasteiger partial charge in [-0.3, -0.25) is 18.8 Å². The van der Waals surface area contributed by atoms with Gasteiger partial charge < -0.3 is 10.1 Å². The zero-order chi connectivity index (χ0) is 24.2. The smallest absolute Gasteiger partial charge is 0.301 e. The molecule has 2 heterocycles. The van der Waals surface area contributed by atoms with Gasteiger partial charge in [-0.1, -0.05) is 59.6 Å². The lowest BCUT2D eigenvalue weighted by Gasteiger charge is -2.11. The maximum atomic E-state index is 13.1. The van der Waals surface area contributed by atoms with E-state index < -0.39 is 11.5 Å². The number of Topliss-reactive ketones (excluding diaryl/α,β-unsaturated/α-hetero) is 1. The Bertz CT molecular complexity index is 1430. The molecule has 0 unspecified atom stereocenters. The number of hydrogen-bond donors (Lipinski definition) is 1. The van der Waals surface area contributed by atoms with E-state index in [1.165, 1.54) is 15.7 Å². The van der Waals surface area contributed by atoms with Crippen LogP contribution in [0.1, 0.15) is 26.5 Å². The van der Waals surface area contributed by atoms with Crippen molar-refractivity contribution < 1.29 is 14.3 Å². The lowest BCUT2D eigenvalue weighted by molar-refractivity contribution is -0.117. The number of aromatic nitrogens is 2. The molecular formula is C24H19Cl2N3O4S. The average molecular weight is 516 g/mol. The number of ether oxygens (including phenoxy) is 1. The molecule has 1 N–H and O–H groups in total. The number of fused-ring (bicyclic) bond motifs is 1. The van der Waals surface area contributed by atoms with E-state index in [0.717, 1.165) is 10.4 Å². The van der Waals surface area contributed by atoms with Crippen LogP contribution in [0.25, 0.3) is 4.96 Å². The summed E-state index contributed by atoms with van der Waals surface area (Å²) in [4.78, 5) is 44.0. The quantitative estimate of drug-likeness (QED) is 0.373. The van der Waals surface area contributed by atoms with Crippen molar-refractivity contribution in [3.63, 3.8) is 0 Å². The highest BCUT2D eigenvalue weighted by molar-refractivity contribution is 7.16. The number of carbonyl (C=O) groups excluding carboxylic acids is 2. The van der Waals surface area contributed by atoms with Crippen LogP contribution < -0.4 is 15.6 Å². The first-order chi connectivity index (χ1) is 16.3. The predicted molar refractivity (Wildman–Crippen MR) is 132 cm³/mol. The van der Waals surface area contributed by atoms with Gasteiger partial charge in [-0.25, -0.2) is 4.98 Å². The van der Waals surface area contributed by atoms with Gasteiger partial charge in [0.2, 0.25) is 5.75 Å². The zero-order valence-electron chi connectivity index (χ0n) is 18.0. The first-order valence-corrected chi connectivity index (χ1v) is 11.8. The van der Waals surface area contributed by atoms with Gasteiger partial charge in [-0.05, 0) is 30.2 Å². The van der Waals surface area contributed by atoms with Crippen LogP contribution in [0.3, 0.4) is 0 Å². The standard InChI is InChI=1S/C24H19Cl2N3O4S/c1-14-12-29-23(32)21(33-13-15-5-3-2-4-6-15)20(28-24(29)34-14)22(31)27-11-17(30)9-16-7-8-18(25)19(26)10-16/h2-8,10,12H,9,11,13H2,1H3,(H,27,31). The van der Waals surface area contributed by atoms with Crippen molar-refractivity contribution in [2.45, 2.75) is 20.0 Å². The van der Waals surface area contributed by atoms with E-state index in [2.05, 4.69) is 10.3 Å². The third kappa shape index (κ3) is 5.47. The third-order valence-corrected chi connectivity index (χ3v) is 6.51. The number of aryl methyl sites for hydroxylation is 1. The van der Waals surface area contributed by atoms with Crippen molar-refractivity contribution in [1.29, 1.82) is 0 Å². The summed E-state index contributed by atoms with van der Waals surface area (Å²) in [5.74, 6) is -1.09. The van der Waals surface area contributed by atoms with Gasteiger partial charge in [0.1, 0.15) is 6.61 Å². The zero-order valence-corrected chi connectivity index (χ0v) is 20.3. The summed E-state index contributed by atoms with van der Waals surface area (Å²) in [5, 5.41) is 3.29. The molecule has 0 saturated carbocycles. The van der Waals surface area contributed by atoms with Crippen LogP contribution in [0.5, 0.6) is 5.75 Å². The van der Waals surface area contributed by atoms with Crippen LogP contribution in [0, 0.1) is 6.92 Å². The Kier molecular flexibility index (Phi) is 7.31. The van der Waals surface area contributed by atoms with Crippen LogP contribution in [0.4, 0.5) is 0 Å². The fourth-order valence-electron chi connectivity index (χ4n) is 3.25. The van der Waals surface area contributed by atoms with Gasteiger partial charge in [0.25, 0.3) is 5.91 Å². The molecule has 0 atom stereocenters. The monoisotopic (exact) mass is 515 g/mol. The minimum Gasteiger partial charge on any atom is -0.481 e. The van der Waals surface area contributed by atoms with Crippen LogP contribution in [0.15, 0.2) is 59.5 Å². The Morgan fingerprint density at radius 1 is 1.09 bits per heavy atom. The van der Waals surface area contributed by atoms with Crippen molar-refractivity contribution in [3.8, 4) is 5.75 Å². The van der Waals surface area contributed by atoms with Gasteiger partial charge in [0.05, 0.1) is 16.6 Å². The molecule has 0 fully saturated rings. The van der Waals surface area contributed by atoms with Gasteiger partial charge in [0.15, 0.2) is 16.4 Å². The molecule has 4 rings (SSSR count). The van der Waals surface area contributed by atoms with Crippen LogP contribution in [-0.4, -0.2) is 27.6 Å². The summed E-state index contributed by atoms with van der Waals surface area (Å²) < 4.78 is 7.11.